The number of fused-ring (bicyclic) bond motifs is 1. The van der Waals surface area contributed by atoms with Crippen LogP contribution >= 0.6 is 11.6 Å². The summed E-state index contributed by atoms with van der Waals surface area (Å²) in [6, 6.07) is 6.13. The largest absolute Gasteiger partial charge is 0.492 e. The topological polar surface area (TPSA) is 21.3 Å². The Labute approximate surface area is 82.9 Å². The molecule has 0 saturated heterocycles. The molecule has 3 heteroatoms. The average Bonchev–Trinajstić information content (AvgIpc) is 2.29. The molecule has 0 aliphatic carbocycles. The number of halogens is 1. The van der Waals surface area contributed by atoms with Crippen LogP contribution in [0, 0.1) is 0 Å². The fourth-order valence-electron chi connectivity index (χ4n) is 1.38. The van der Waals surface area contributed by atoms with Gasteiger partial charge in [0.15, 0.2) is 0 Å². The summed E-state index contributed by atoms with van der Waals surface area (Å²) in [6.07, 6.45) is 0. The number of rotatable bonds is 0. The Kier molecular flexibility index (Phi) is 2.42. The van der Waals surface area contributed by atoms with Crippen LogP contribution in [0.15, 0.2) is 18.2 Å². The van der Waals surface area contributed by atoms with Crippen molar-refractivity contribution in [2.75, 3.05) is 6.61 Å². The van der Waals surface area contributed by atoms with Crippen LogP contribution in [0.2, 0.25) is 5.02 Å². The van der Waals surface area contributed by atoms with Gasteiger partial charge in [-0.1, -0.05) is 11.6 Å². The Balaban J connectivity index is 2.30. The van der Waals surface area contributed by atoms with Gasteiger partial charge in [0.2, 0.25) is 0 Å². The van der Waals surface area contributed by atoms with Crippen LogP contribution in [0.25, 0.3) is 0 Å². The fourth-order valence-corrected chi connectivity index (χ4v) is 1.58. The molecule has 1 N–H and O–H groups in total. The van der Waals surface area contributed by atoms with E-state index >= 15 is 0 Å². The third-order valence-corrected chi connectivity index (χ3v) is 2.39. The lowest BCUT2D eigenvalue weighted by atomic mass is 10.2. The van der Waals surface area contributed by atoms with Crippen molar-refractivity contribution >= 4 is 11.6 Å². The van der Waals surface area contributed by atoms with Crippen molar-refractivity contribution in [3.8, 4) is 5.75 Å². The Morgan fingerprint density at radius 3 is 3.23 bits per heavy atom. The molecule has 1 aliphatic heterocycles. The van der Waals surface area contributed by atoms with Crippen molar-refractivity contribution < 1.29 is 4.74 Å². The molecule has 0 radical (unpaired) electrons. The van der Waals surface area contributed by atoms with E-state index in [-0.39, 0.29) is 0 Å². The zero-order chi connectivity index (χ0) is 9.26. The highest BCUT2D eigenvalue weighted by atomic mass is 35.5. The molecular formula is C10H12ClNO. The van der Waals surface area contributed by atoms with Crippen LogP contribution in [0.5, 0.6) is 5.75 Å². The van der Waals surface area contributed by atoms with E-state index in [0.29, 0.717) is 12.6 Å². The molecule has 2 nitrogen and oxygen atoms in total. The first-order valence-corrected chi connectivity index (χ1v) is 4.78. The first kappa shape index (κ1) is 8.85. The summed E-state index contributed by atoms with van der Waals surface area (Å²) >= 11 is 5.88. The minimum absolute atomic E-state index is 0.395. The fraction of sp³-hybridized carbons (Fsp3) is 0.400. The lowest BCUT2D eigenvalue weighted by Crippen LogP contribution is -2.28. The standard InChI is InChI=1S/C10H12ClNO/c1-7-6-13-10-3-2-9(11)4-8(10)5-12-7/h2-4,7,12H,5-6H2,1H3. The quantitative estimate of drug-likeness (QED) is 0.689. The molecule has 2 rings (SSSR count). The van der Waals surface area contributed by atoms with E-state index in [2.05, 4.69) is 12.2 Å². The second-order valence-electron chi connectivity index (χ2n) is 3.34. The van der Waals surface area contributed by atoms with E-state index < -0.39 is 0 Å². The monoisotopic (exact) mass is 197 g/mol. The number of hydrogen-bond donors (Lipinski definition) is 1. The summed E-state index contributed by atoms with van der Waals surface area (Å²) in [5.74, 6) is 0.946. The predicted octanol–water partition coefficient (Wildman–Crippen LogP) is 2.21. The van der Waals surface area contributed by atoms with Crippen molar-refractivity contribution in [1.82, 2.24) is 5.32 Å². The van der Waals surface area contributed by atoms with E-state index in [0.717, 1.165) is 22.9 Å². The van der Waals surface area contributed by atoms with Crippen LogP contribution in [0.4, 0.5) is 0 Å². The summed E-state index contributed by atoms with van der Waals surface area (Å²) < 4.78 is 5.59. The summed E-state index contributed by atoms with van der Waals surface area (Å²) in [4.78, 5) is 0. The van der Waals surface area contributed by atoms with Gasteiger partial charge in [-0.25, -0.2) is 0 Å². The lowest BCUT2D eigenvalue weighted by Gasteiger charge is -2.07. The predicted molar refractivity (Wildman–Crippen MR) is 53.2 cm³/mol. The van der Waals surface area contributed by atoms with Crippen molar-refractivity contribution in [3.63, 3.8) is 0 Å². The number of benzene rings is 1. The molecule has 13 heavy (non-hydrogen) atoms. The highest BCUT2D eigenvalue weighted by Gasteiger charge is 2.12. The summed E-state index contributed by atoms with van der Waals surface area (Å²) in [7, 11) is 0. The number of hydrogen-bond acceptors (Lipinski definition) is 2. The van der Waals surface area contributed by atoms with Crippen molar-refractivity contribution in [3.05, 3.63) is 28.8 Å². The van der Waals surface area contributed by atoms with Gasteiger partial charge in [-0.2, -0.15) is 0 Å². The molecular weight excluding hydrogens is 186 g/mol. The van der Waals surface area contributed by atoms with Gasteiger partial charge >= 0.3 is 0 Å². The molecule has 1 aromatic rings. The van der Waals surface area contributed by atoms with E-state index in [9.17, 15) is 0 Å². The highest BCUT2D eigenvalue weighted by molar-refractivity contribution is 6.30. The van der Waals surface area contributed by atoms with Crippen molar-refractivity contribution in [2.24, 2.45) is 0 Å². The van der Waals surface area contributed by atoms with E-state index in [4.69, 9.17) is 16.3 Å². The Morgan fingerprint density at radius 2 is 2.38 bits per heavy atom. The summed E-state index contributed by atoms with van der Waals surface area (Å²) in [5.41, 5.74) is 1.14. The molecule has 0 aromatic heterocycles. The second-order valence-corrected chi connectivity index (χ2v) is 3.78. The van der Waals surface area contributed by atoms with E-state index in [1.807, 2.05) is 18.2 Å². The van der Waals surface area contributed by atoms with Crippen LogP contribution in [-0.2, 0) is 6.54 Å². The van der Waals surface area contributed by atoms with Crippen LogP contribution in [0.3, 0.4) is 0 Å². The Hall–Kier alpha value is -0.730. The van der Waals surface area contributed by atoms with E-state index in [1.165, 1.54) is 0 Å². The summed E-state index contributed by atoms with van der Waals surface area (Å²) in [5, 5.41) is 4.11. The van der Waals surface area contributed by atoms with E-state index in [1.54, 1.807) is 0 Å². The molecule has 0 fully saturated rings. The zero-order valence-corrected chi connectivity index (χ0v) is 8.27. The minimum Gasteiger partial charge on any atom is -0.492 e. The second kappa shape index (κ2) is 3.56. The lowest BCUT2D eigenvalue weighted by molar-refractivity contribution is 0.287. The number of ether oxygens (including phenoxy) is 1. The van der Waals surface area contributed by atoms with Gasteiger partial charge < -0.3 is 10.1 Å². The molecule has 0 spiro atoms. The molecule has 0 bridgehead atoms. The maximum atomic E-state index is 5.88. The molecule has 70 valence electrons. The van der Waals surface area contributed by atoms with Crippen LogP contribution in [0.1, 0.15) is 12.5 Å². The molecule has 1 unspecified atom stereocenters. The smallest absolute Gasteiger partial charge is 0.123 e. The third kappa shape index (κ3) is 1.95. The van der Waals surface area contributed by atoms with Gasteiger partial charge in [0.05, 0.1) is 0 Å². The van der Waals surface area contributed by atoms with Gasteiger partial charge in [-0.05, 0) is 25.1 Å². The highest BCUT2D eigenvalue weighted by Crippen LogP contribution is 2.24. The zero-order valence-electron chi connectivity index (χ0n) is 7.51. The SMILES string of the molecule is CC1COc2ccc(Cl)cc2CN1. The maximum Gasteiger partial charge on any atom is 0.123 e. The van der Waals surface area contributed by atoms with Crippen molar-refractivity contribution in [2.45, 2.75) is 19.5 Å². The molecule has 0 saturated carbocycles. The minimum atomic E-state index is 0.395. The maximum absolute atomic E-state index is 5.88. The van der Waals surface area contributed by atoms with Crippen molar-refractivity contribution in [1.29, 1.82) is 0 Å². The summed E-state index contributed by atoms with van der Waals surface area (Å²) in [6.45, 7) is 3.65. The average molecular weight is 198 g/mol. The van der Waals surface area contributed by atoms with Gasteiger partial charge in [0.25, 0.3) is 0 Å². The van der Waals surface area contributed by atoms with Gasteiger partial charge in [-0.3, -0.25) is 0 Å². The molecule has 1 aromatic carbocycles. The Bertz CT molecular complexity index is 314. The van der Waals surface area contributed by atoms with Crippen LogP contribution < -0.4 is 10.1 Å². The Morgan fingerprint density at radius 1 is 1.54 bits per heavy atom. The third-order valence-electron chi connectivity index (χ3n) is 2.15. The molecule has 1 aliphatic rings. The first-order chi connectivity index (χ1) is 6.25. The molecule has 1 heterocycles. The van der Waals surface area contributed by atoms with Crippen LogP contribution in [-0.4, -0.2) is 12.6 Å². The molecule has 0 amide bonds. The molecule has 1 atom stereocenters. The van der Waals surface area contributed by atoms with Gasteiger partial charge in [0.1, 0.15) is 12.4 Å². The normalized spacial score (nSPS) is 21.5. The first-order valence-electron chi connectivity index (χ1n) is 4.40. The van der Waals surface area contributed by atoms with Gasteiger partial charge in [-0.15, -0.1) is 0 Å². The van der Waals surface area contributed by atoms with Gasteiger partial charge in [0, 0.05) is 23.2 Å². The number of nitrogens with one attached hydrogen (secondary N) is 1.